The summed E-state index contributed by atoms with van der Waals surface area (Å²) in [5.74, 6) is 0.880. The van der Waals surface area contributed by atoms with Crippen molar-refractivity contribution >= 4 is 17.3 Å². The number of aromatic nitrogens is 1. The van der Waals surface area contributed by atoms with Crippen LogP contribution in [0.4, 0.5) is 11.5 Å². The quantitative estimate of drug-likeness (QED) is 0.320. The van der Waals surface area contributed by atoms with E-state index in [-0.39, 0.29) is 0 Å². The van der Waals surface area contributed by atoms with Gasteiger partial charge in [0, 0.05) is 11.8 Å². The van der Waals surface area contributed by atoms with Crippen molar-refractivity contribution in [3.05, 3.63) is 89.6 Å². The van der Waals surface area contributed by atoms with Crippen LogP contribution in [0.2, 0.25) is 0 Å². The Morgan fingerprint density at radius 2 is 1.77 bits per heavy atom. The van der Waals surface area contributed by atoms with E-state index in [2.05, 4.69) is 31.8 Å². The molecular formula is C20H16N6. The fraction of sp³-hybridized carbons (Fsp3) is 0.0500. The standard InChI is InChI=1S/C20H16N6/c1-15-5-11-18(12-6-15)23-25-20(17-9-7-16(14-21)8-10-17)26-24-19-4-2-3-13-22-19/h2-13,23H,1H3. The van der Waals surface area contributed by atoms with Crippen LogP contribution in [-0.2, 0) is 0 Å². The summed E-state index contributed by atoms with van der Waals surface area (Å²) in [5, 5.41) is 21.7. The fourth-order valence-electron chi connectivity index (χ4n) is 2.10. The molecule has 1 aromatic heterocycles. The van der Waals surface area contributed by atoms with Crippen LogP contribution in [0.25, 0.3) is 0 Å². The molecule has 0 saturated heterocycles. The van der Waals surface area contributed by atoms with Gasteiger partial charge in [0.05, 0.1) is 17.3 Å². The van der Waals surface area contributed by atoms with Gasteiger partial charge in [0.1, 0.15) is 0 Å². The van der Waals surface area contributed by atoms with Crippen LogP contribution >= 0.6 is 0 Å². The minimum atomic E-state index is 0.390. The molecule has 0 amide bonds. The van der Waals surface area contributed by atoms with E-state index in [1.54, 1.807) is 36.5 Å². The number of rotatable bonds is 4. The molecular weight excluding hydrogens is 324 g/mol. The highest BCUT2D eigenvalue weighted by Crippen LogP contribution is 2.13. The molecule has 0 saturated carbocycles. The third kappa shape index (κ3) is 4.58. The monoisotopic (exact) mass is 340 g/mol. The Morgan fingerprint density at radius 1 is 1.00 bits per heavy atom. The van der Waals surface area contributed by atoms with Crippen molar-refractivity contribution in [2.24, 2.45) is 15.3 Å². The topological polar surface area (TPSA) is 85.8 Å². The van der Waals surface area contributed by atoms with E-state index in [0.29, 0.717) is 17.2 Å². The molecule has 0 aliphatic heterocycles. The summed E-state index contributed by atoms with van der Waals surface area (Å²) >= 11 is 0. The van der Waals surface area contributed by atoms with Crippen molar-refractivity contribution in [2.45, 2.75) is 6.92 Å². The van der Waals surface area contributed by atoms with Gasteiger partial charge in [-0.2, -0.15) is 10.4 Å². The number of benzene rings is 2. The Labute approximate surface area is 151 Å². The van der Waals surface area contributed by atoms with Gasteiger partial charge in [0.15, 0.2) is 5.82 Å². The minimum absolute atomic E-state index is 0.390. The molecule has 0 unspecified atom stereocenters. The lowest BCUT2D eigenvalue weighted by atomic mass is 10.1. The molecule has 0 atom stereocenters. The van der Waals surface area contributed by atoms with E-state index in [4.69, 9.17) is 5.26 Å². The van der Waals surface area contributed by atoms with Gasteiger partial charge in [-0.25, -0.2) is 4.98 Å². The van der Waals surface area contributed by atoms with Gasteiger partial charge in [-0.3, -0.25) is 5.43 Å². The number of nitrogens with one attached hydrogen (secondary N) is 1. The Hall–Kier alpha value is -3.85. The lowest BCUT2D eigenvalue weighted by molar-refractivity contribution is 1.16. The number of anilines is 1. The Morgan fingerprint density at radius 3 is 2.42 bits per heavy atom. The second-order valence-electron chi connectivity index (χ2n) is 5.49. The summed E-state index contributed by atoms with van der Waals surface area (Å²) in [6.07, 6.45) is 1.65. The Bertz CT molecular complexity index is 952. The average Bonchev–Trinajstić information content (AvgIpc) is 2.70. The zero-order valence-electron chi connectivity index (χ0n) is 14.2. The number of hydrogen-bond acceptors (Lipinski definition) is 5. The lowest BCUT2D eigenvalue weighted by Gasteiger charge is -2.04. The Balaban J connectivity index is 1.89. The first-order valence-corrected chi connectivity index (χ1v) is 7.98. The van der Waals surface area contributed by atoms with Gasteiger partial charge in [-0.05, 0) is 55.5 Å². The molecule has 3 aromatic rings. The first kappa shape index (κ1) is 17.0. The molecule has 6 nitrogen and oxygen atoms in total. The van der Waals surface area contributed by atoms with Crippen LogP contribution < -0.4 is 5.43 Å². The van der Waals surface area contributed by atoms with Crippen molar-refractivity contribution in [1.82, 2.24) is 4.98 Å². The SMILES string of the molecule is Cc1ccc(NN=C(N=Nc2ccccn2)c2ccc(C#N)cc2)cc1. The predicted octanol–water partition coefficient (Wildman–Crippen LogP) is 4.82. The van der Waals surface area contributed by atoms with Gasteiger partial charge in [0.2, 0.25) is 5.84 Å². The van der Waals surface area contributed by atoms with E-state index in [1.807, 2.05) is 43.3 Å². The summed E-state index contributed by atoms with van der Waals surface area (Å²) in [6, 6.07) is 22.4. The number of azo groups is 1. The van der Waals surface area contributed by atoms with Gasteiger partial charge in [-0.15, -0.1) is 10.2 Å². The fourth-order valence-corrected chi connectivity index (χ4v) is 2.10. The number of hydrogen-bond donors (Lipinski definition) is 1. The van der Waals surface area contributed by atoms with E-state index in [9.17, 15) is 0 Å². The minimum Gasteiger partial charge on any atom is -0.276 e. The zero-order valence-corrected chi connectivity index (χ0v) is 14.2. The number of pyridine rings is 1. The second-order valence-corrected chi connectivity index (χ2v) is 5.49. The van der Waals surface area contributed by atoms with Crippen LogP contribution in [-0.4, -0.2) is 10.8 Å². The maximum atomic E-state index is 8.95. The number of nitrogens with zero attached hydrogens (tertiary/aromatic N) is 5. The Kier molecular flexibility index (Phi) is 5.43. The molecule has 126 valence electrons. The maximum Gasteiger partial charge on any atom is 0.201 e. The van der Waals surface area contributed by atoms with E-state index >= 15 is 0 Å². The predicted molar refractivity (Wildman–Crippen MR) is 101 cm³/mol. The van der Waals surface area contributed by atoms with E-state index < -0.39 is 0 Å². The number of aryl methyl sites for hydroxylation is 1. The third-order valence-electron chi connectivity index (χ3n) is 3.51. The maximum absolute atomic E-state index is 8.95. The largest absolute Gasteiger partial charge is 0.276 e. The first-order chi connectivity index (χ1) is 12.7. The summed E-state index contributed by atoms with van der Waals surface area (Å²) in [6.45, 7) is 2.02. The molecule has 0 aliphatic rings. The molecule has 2 aromatic carbocycles. The van der Waals surface area contributed by atoms with Crippen molar-refractivity contribution in [3.8, 4) is 6.07 Å². The van der Waals surface area contributed by atoms with Crippen molar-refractivity contribution in [3.63, 3.8) is 0 Å². The highest BCUT2D eigenvalue weighted by atomic mass is 15.3. The van der Waals surface area contributed by atoms with Gasteiger partial charge in [-0.1, -0.05) is 23.8 Å². The highest BCUT2D eigenvalue weighted by Gasteiger charge is 2.04. The molecule has 3 rings (SSSR count). The molecule has 26 heavy (non-hydrogen) atoms. The lowest BCUT2D eigenvalue weighted by Crippen LogP contribution is -2.01. The number of nitriles is 1. The van der Waals surface area contributed by atoms with Crippen LogP contribution in [0.3, 0.4) is 0 Å². The molecule has 1 N–H and O–H groups in total. The summed E-state index contributed by atoms with van der Waals surface area (Å²) in [5.41, 5.74) is 6.30. The number of hydrazone groups is 1. The number of amidine groups is 1. The second kappa shape index (κ2) is 8.31. The molecule has 0 aliphatic carbocycles. The molecule has 6 heteroatoms. The van der Waals surface area contributed by atoms with Gasteiger partial charge in [0.25, 0.3) is 0 Å². The van der Waals surface area contributed by atoms with Crippen molar-refractivity contribution < 1.29 is 0 Å². The van der Waals surface area contributed by atoms with Crippen LogP contribution in [0.5, 0.6) is 0 Å². The smallest absolute Gasteiger partial charge is 0.201 e. The zero-order chi connectivity index (χ0) is 18.2. The average molecular weight is 340 g/mol. The third-order valence-corrected chi connectivity index (χ3v) is 3.51. The summed E-state index contributed by atoms with van der Waals surface area (Å²) in [7, 11) is 0. The van der Waals surface area contributed by atoms with Crippen molar-refractivity contribution in [1.29, 1.82) is 5.26 Å². The summed E-state index contributed by atoms with van der Waals surface area (Å²) in [4.78, 5) is 4.12. The molecule has 0 spiro atoms. The summed E-state index contributed by atoms with van der Waals surface area (Å²) < 4.78 is 0. The normalized spacial score (nSPS) is 11.3. The molecule has 0 radical (unpaired) electrons. The molecule has 1 heterocycles. The van der Waals surface area contributed by atoms with Crippen molar-refractivity contribution in [2.75, 3.05) is 5.43 Å². The van der Waals surface area contributed by atoms with E-state index in [1.165, 1.54) is 5.56 Å². The van der Waals surface area contributed by atoms with Crippen LogP contribution in [0, 0.1) is 18.3 Å². The van der Waals surface area contributed by atoms with Gasteiger partial charge < -0.3 is 0 Å². The molecule has 0 fully saturated rings. The highest BCUT2D eigenvalue weighted by molar-refractivity contribution is 5.99. The van der Waals surface area contributed by atoms with E-state index in [0.717, 1.165) is 11.3 Å². The first-order valence-electron chi connectivity index (χ1n) is 7.98. The van der Waals surface area contributed by atoms with Crippen LogP contribution in [0.15, 0.2) is 88.3 Å². The van der Waals surface area contributed by atoms with Crippen LogP contribution in [0.1, 0.15) is 16.7 Å². The molecule has 0 bridgehead atoms. The van der Waals surface area contributed by atoms with Gasteiger partial charge >= 0.3 is 0 Å².